The molecule has 0 spiro atoms. The van der Waals surface area contributed by atoms with Gasteiger partial charge in [0.25, 0.3) is 5.91 Å². The second-order valence-electron chi connectivity index (χ2n) is 5.76. The van der Waals surface area contributed by atoms with Gasteiger partial charge >= 0.3 is 0 Å². The minimum absolute atomic E-state index is 0.00830. The summed E-state index contributed by atoms with van der Waals surface area (Å²) in [6.07, 6.45) is 1.25. The van der Waals surface area contributed by atoms with Gasteiger partial charge < -0.3 is 5.32 Å². The predicted molar refractivity (Wildman–Crippen MR) is 105 cm³/mol. The zero-order chi connectivity index (χ0) is 19.2. The molecule has 1 heterocycles. The summed E-state index contributed by atoms with van der Waals surface area (Å²) in [4.78, 5) is 37.9. The number of nitrogens with zero attached hydrogens (tertiary/aromatic N) is 2. The van der Waals surface area contributed by atoms with E-state index in [1.807, 2.05) is 30.3 Å². The molecule has 0 bridgehead atoms. The van der Waals surface area contributed by atoms with Crippen molar-refractivity contribution < 1.29 is 14.4 Å². The topological polar surface area (TPSA) is 90.9 Å². The van der Waals surface area contributed by atoms with Crippen molar-refractivity contribution in [3.8, 4) is 0 Å². The number of rotatable bonds is 5. The van der Waals surface area contributed by atoms with Crippen LogP contribution in [0, 0.1) is 5.92 Å². The zero-order valence-corrected chi connectivity index (χ0v) is 15.0. The van der Waals surface area contributed by atoms with Crippen molar-refractivity contribution in [3.63, 3.8) is 0 Å². The van der Waals surface area contributed by atoms with Gasteiger partial charge in [-0.2, -0.15) is 5.10 Å². The molecule has 1 aliphatic heterocycles. The van der Waals surface area contributed by atoms with E-state index in [0.29, 0.717) is 5.69 Å². The minimum atomic E-state index is -1.19. The van der Waals surface area contributed by atoms with Gasteiger partial charge in [-0.1, -0.05) is 48.5 Å². The quantitative estimate of drug-likeness (QED) is 0.355. The largest absolute Gasteiger partial charge is 0.301 e. The van der Waals surface area contributed by atoms with E-state index in [1.54, 1.807) is 30.3 Å². The van der Waals surface area contributed by atoms with Crippen LogP contribution >= 0.6 is 12.2 Å². The van der Waals surface area contributed by atoms with Crippen LogP contribution in [0.5, 0.6) is 0 Å². The van der Waals surface area contributed by atoms with Crippen molar-refractivity contribution >= 4 is 47.0 Å². The van der Waals surface area contributed by atoms with Crippen molar-refractivity contribution in [2.45, 2.75) is 6.42 Å². The Hall–Kier alpha value is -3.39. The predicted octanol–water partition coefficient (Wildman–Crippen LogP) is 1.40. The molecule has 0 aromatic heterocycles. The maximum absolute atomic E-state index is 12.7. The van der Waals surface area contributed by atoms with Crippen molar-refractivity contribution in [3.05, 3.63) is 66.2 Å². The van der Waals surface area contributed by atoms with Crippen LogP contribution in [0.2, 0.25) is 0 Å². The Bertz CT molecular complexity index is 900. The molecule has 1 fully saturated rings. The molecule has 8 heteroatoms. The fraction of sp³-hybridized carbons (Fsp3) is 0.105. The monoisotopic (exact) mass is 380 g/mol. The molecule has 1 saturated heterocycles. The summed E-state index contributed by atoms with van der Waals surface area (Å²) in [6, 6.07) is 17.9. The van der Waals surface area contributed by atoms with Crippen LogP contribution in [0.1, 0.15) is 5.56 Å². The van der Waals surface area contributed by atoms with E-state index in [2.05, 4.69) is 15.8 Å². The molecule has 136 valence electrons. The van der Waals surface area contributed by atoms with Crippen molar-refractivity contribution in [1.82, 2.24) is 10.7 Å². The Kier molecular flexibility index (Phi) is 5.68. The molecule has 2 aromatic carbocycles. The Labute approximate surface area is 161 Å². The highest BCUT2D eigenvalue weighted by Gasteiger charge is 2.38. The number of nitrogens with one attached hydrogen (secondary N) is 2. The van der Waals surface area contributed by atoms with Gasteiger partial charge in [0.15, 0.2) is 11.0 Å². The zero-order valence-electron chi connectivity index (χ0n) is 14.2. The highest BCUT2D eigenvalue weighted by Crippen LogP contribution is 2.19. The molecule has 3 amide bonds. The lowest BCUT2D eigenvalue weighted by Gasteiger charge is -2.30. The van der Waals surface area contributed by atoms with E-state index in [4.69, 9.17) is 12.2 Å². The summed E-state index contributed by atoms with van der Waals surface area (Å²) in [6.45, 7) is 0. The summed E-state index contributed by atoms with van der Waals surface area (Å²) in [5.74, 6) is -2.65. The van der Waals surface area contributed by atoms with E-state index in [9.17, 15) is 14.4 Å². The minimum Gasteiger partial charge on any atom is -0.301 e. The van der Waals surface area contributed by atoms with Gasteiger partial charge in [0.2, 0.25) is 11.8 Å². The Morgan fingerprint density at radius 3 is 2.41 bits per heavy atom. The van der Waals surface area contributed by atoms with E-state index in [0.717, 1.165) is 11.8 Å². The van der Waals surface area contributed by atoms with Crippen molar-refractivity contribution in [2.75, 3.05) is 4.90 Å². The van der Waals surface area contributed by atoms with E-state index in [-0.39, 0.29) is 17.4 Å². The molecule has 3 rings (SSSR count). The van der Waals surface area contributed by atoms with E-state index >= 15 is 0 Å². The van der Waals surface area contributed by atoms with Gasteiger partial charge in [0.05, 0.1) is 12.1 Å². The lowest BCUT2D eigenvalue weighted by Crippen LogP contribution is -2.58. The fourth-order valence-electron chi connectivity index (χ4n) is 2.55. The number of carbonyl (C=O) groups is 3. The van der Waals surface area contributed by atoms with Gasteiger partial charge in [-0.3, -0.25) is 19.3 Å². The van der Waals surface area contributed by atoms with Crippen LogP contribution in [0.25, 0.3) is 0 Å². The summed E-state index contributed by atoms with van der Waals surface area (Å²) >= 11 is 5.10. The number of anilines is 1. The first kappa shape index (κ1) is 18.4. The van der Waals surface area contributed by atoms with Crippen LogP contribution in [-0.2, 0) is 20.8 Å². The molecule has 1 atom stereocenters. The van der Waals surface area contributed by atoms with Crippen LogP contribution in [0.3, 0.4) is 0 Å². The molecule has 2 aromatic rings. The van der Waals surface area contributed by atoms with E-state index < -0.39 is 17.7 Å². The first-order chi connectivity index (χ1) is 13.1. The summed E-state index contributed by atoms with van der Waals surface area (Å²) < 4.78 is 0. The SMILES string of the molecule is O=C(Cc1ccccc1)N/N=C\[C@H]1C(=O)NC(=S)N(c2ccccc2)C1=O. The standard InChI is InChI=1S/C19H16N4O3S/c24-16(11-13-7-3-1-4-8-13)22-20-12-15-17(25)21-19(27)23(18(15)26)14-9-5-2-6-10-14/h1-10,12,15H,11H2,(H,22,24)(H,21,25,27)/b20-12-/t15-/m0/s1. The average molecular weight is 380 g/mol. The molecule has 27 heavy (non-hydrogen) atoms. The van der Waals surface area contributed by atoms with Crippen LogP contribution in [0.4, 0.5) is 5.69 Å². The lowest BCUT2D eigenvalue weighted by atomic mass is 10.1. The number of para-hydroxylation sites is 1. The van der Waals surface area contributed by atoms with Crippen LogP contribution in [0.15, 0.2) is 65.8 Å². The second kappa shape index (κ2) is 8.33. The Morgan fingerprint density at radius 2 is 1.74 bits per heavy atom. The number of hydrogen-bond acceptors (Lipinski definition) is 5. The first-order valence-corrected chi connectivity index (χ1v) is 8.57. The smallest absolute Gasteiger partial charge is 0.251 e. The average Bonchev–Trinajstić information content (AvgIpc) is 2.66. The molecule has 7 nitrogen and oxygen atoms in total. The maximum Gasteiger partial charge on any atom is 0.251 e. The van der Waals surface area contributed by atoms with Crippen molar-refractivity contribution in [2.24, 2.45) is 11.0 Å². The highest BCUT2D eigenvalue weighted by atomic mass is 32.1. The maximum atomic E-state index is 12.7. The molecule has 1 aliphatic rings. The molecule has 0 aliphatic carbocycles. The number of benzene rings is 2. The van der Waals surface area contributed by atoms with Gasteiger partial charge in [-0.15, -0.1) is 0 Å². The Balaban J connectivity index is 1.67. The number of thiocarbonyl (C=S) groups is 1. The second-order valence-corrected chi connectivity index (χ2v) is 6.14. The molecule has 0 unspecified atom stereocenters. The third-order valence-electron chi connectivity index (χ3n) is 3.84. The van der Waals surface area contributed by atoms with Gasteiger partial charge in [-0.25, -0.2) is 5.43 Å². The summed E-state index contributed by atoms with van der Waals surface area (Å²) in [7, 11) is 0. The third kappa shape index (κ3) is 4.42. The van der Waals surface area contributed by atoms with E-state index in [1.165, 1.54) is 4.90 Å². The highest BCUT2D eigenvalue weighted by molar-refractivity contribution is 7.80. The Morgan fingerprint density at radius 1 is 1.11 bits per heavy atom. The number of hydrogen-bond donors (Lipinski definition) is 2. The molecule has 0 saturated carbocycles. The van der Waals surface area contributed by atoms with Gasteiger partial charge in [0, 0.05) is 6.21 Å². The molecular weight excluding hydrogens is 364 g/mol. The number of hydrazone groups is 1. The molecule has 2 N–H and O–H groups in total. The van der Waals surface area contributed by atoms with Gasteiger partial charge in [-0.05, 0) is 29.9 Å². The number of amides is 3. The van der Waals surface area contributed by atoms with Gasteiger partial charge in [0.1, 0.15) is 0 Å². The third-order valence-corrected chi connectivity index (χ3v) is 4.12. The summed E-state index contributed by atoms with van der Waals surface area (Å²) in [5, 5.41) is 6.26. The summed E-state index contributed by atoms with van der Waals surface area (Å²) in [5.41, 5.74) is 3.70. The van der Waals surface area contributed by atoms with Crippen molar-refractivity contribution in [1.29, 1.82) is 0 Å². The lowest BCUT2D eigenvalue weighted by molar-refractivity contribution is -0.130. The first-order valence-electron chi connectivity index (χ1n) is 8.16. The molecular formula is C19H16N4O3S. The van der Waals surface area contributed by atoms with Crippen LogP contribution in [-0.4, -0.2) is 29.0 Å². The van der Waals surface area contributed by atoms with Crippen LogP contribution < -0.4 is 15.6 Å². The number of carbonyl (C=O) groups excluding carboxylic acids is 3. The normalized spacial score (nSPS) is 17.1. The fourth-order valence-corrected chi connectivity index (χ4v) is 2.84. The molecule has 0 radical (unpaired) electrons.